The number of nitrogens with zero attached hydrogens (tertiary/aromatic N) is 1. The van der Waals surface area contributed by atoms with Gasteiger partial charge in [-0.3, -0.25) is 0 Å². The lowest BCUT2D eigenvalue weighted by Gasteiger charge is -2.05. The molecular formula is C13H12NO2. The third kappa shape index (κ3) is 2.51. The quantitative estimate of drug-likeness (QED) is 0.786. The molecule has 0 fully saturated rings. The standard InChI is InChI=1S/C13H12NO2/c1-10-4-3-5-13(14-10)16-12-8-6-11(15-2)7-9-12/h3-9H,1H2,2H3. The molecule has 2 rings (SSSR count). The van der Waals surface area contributed by atoms with Crippen molar-refractivity contribution in [3.63, 3.8) is 0 Å². The maximum absolute atomic E-state index is 5.55. The van der Waals surface area contributed by atoms with Gasteiger partial charge in [0.1, 0.15) is 11.5 Å². The van der Waals surface area contributed by atoms with Crippen molar-refractivity contribution in [1.82, 2.24) is 4.98 Å². The van der Waals surface area contributed by atoms with Crippen LogP contribution < -0.4 is 9.47 Å². The van der Waals surface area contributed by atoms with Gasteiger partial charge in [-0.15, -0.1) is 0 Å². The molecule has 0 atom stereocenters. The molecule has 0 saturated carbocycles. The third-order valence-electron chi connectivity index (χ3n) is 2.06. The first-order valence-corrected chi connectivity index (χ1v) is 4.89. The van der Waals surface area contributed by atoms with Crippen molar-refractivity contribution in [3.8, 4) is 17.4 Å². The normalized spacial score (nSPS) is 9.88. The Kier molecular flexibility index (Phi) is 3.05. The average Bonchev–Trinajstić information content (AvgIpc) is 2.30. The number of pyridine rings is 1. The Balaban J connectivity index is 2.14. The lowest BCUT2D eigenvalue weighted by molar-refractivity contribution is 0.412. The summed E-state index contributed by atoms with van der Waals surface area (Å²) < 4.78 is 10.6. The summed E-state index contributed by atoms with van der Waals surface area (Å²) >= 11 is 0. The number of methoxy groups -OCH3 is 1. The third-order valence-corrected chi connectivity index (χ3v) is 2.06. The van der Waals surface area contributed by atoms with Gasteiger partial charge in [-0.05, 0) is 37.3 Å². The summed E-state index contributed by atoms with van der Waals surface area (Å²) in [5.41, 5.74) is 0.686. The maximum atomic E-state index is 5.55. The molecule has 16 heavy (non-hydrogen) atoms. The van der Waals surface area contributed by atoms with Crippen LogP contribution in [0.1, 0.15) is 5.69 Å². The van der Waals surface area contributed by atoms with E-state index in [1.165, 1.54) is 0 Å². The molecule has 1 heterocycles. The van der Waals surface area contributed by atoms with Gasteiger partial charge in [0.15, 0.2) is 0 Å². The summed E-state index contributed by atoms with van der Waals surface area (Å²) in [6.07, 6.45) is 0. The van der Waals surface area contributed by atoms with E-state index in [0.29, 0.717) is 11.6 Å². The van der Waals surface area contributed by atoms with Crippen LogP contribution in [0.5, 0.6) is 17.4 Å². The van der Waals surface area contributed by atoms with Crippen molar-refractivity contribution in [3.05, 3.63) is 55.1 Å². The molecule has 0 aliphatic rings. The van der Waals surface area contributed by atoms with Crippen LogP contribution in [0, 0.1) is 6.92 Å². The van der Waals surface area contributed by atoms with Crippen molar-refractivity contribution < 1.29 is 9.47 Å². The van der Waals surface area contributed by atoms with Gasteiger partial charge in [0.05, 0.1) is 7.11 Å². The molecule has 0 saturated heterocycles. The monoisotopic (exact) mass is 214 g/mol. The first-order chi connectivity index (χ1) is 7.78. The van der Waals surface area contributed by atoms with Crippen molar-refractivity contribution >= 4 is 0 Å². The highest BCUT2D eigenvalue weighted by molar-refractivity contribution is 5.33. The minimum atomic E-state index is 0.540. The maximum Gasteiger partial charge on any atom is 0.219 e. The second-order valence-corrected chi connectivity index (χ2v) is 3.24. The molecule has 0 N–H and O–H groups in total. The largest absolute Gasteiger partial charge is 0.497 e. The molecule has 1 aromatic carbocycles. The molecule has 3 nitrogen and oxygen atoms in total. The Labute approximate surface area is 94.7 Å². The fourth-order valence-corrected chi connectivity index (χ4v) is 1.28. The molecule has 2 aromatic rings. The molecule has 0 aliphatic heterocycles. The second kappa shape index (κ2) is 4.66. The number of hydrogen-bond acceptors (Lipinski definition) is 3. The van der Waals surface area contributed by atoms with E-state index in [4.69, 9.17) is 9.47 Å². The van der Waals surface area contributed by atoms with Crippen LogP contribution in [0.25, 0.3) is 0 Å². The molecule has 0 bridgehead atoms. The SMILES string of the molecule is [CH2]c1cccc(Oc2ccc(OC)cc2)n1. The molecule has 0 aliphatic carbocycles. The lowest BCUT2D eigenvalue weighted by atomic mass is 10.3. The van der Waals surface area contributed by atoms with Crippen LogP contribution in [0.4, 0.5) is 0 Å². The van der Waals surface area contributed by atoms with E-state index in [9.17, 15) is 0 Å². The van der Waals surface area contributed by atoms with Crippen LogP contribution in [0.3, 0.4) is 0 Å². The average molecular weight is 214 g/mol. The summed E-state index contributed by atoms with van der Waals surface area (Å²) in [5, 5.41) is 0. The Morgan fingerprint density at radius 3 is 2.31 bits per heavy atom. The number of ether oxygens (including phenoxy) is 2. The number of aromatic nitrogens is 1. The molecule has 81 valence electrons. The van der Waals surface area contributed by atoms with Gasteiger partial charge in [-0.1, -0.05) is 6.07 Å². The zero-order chi connectivity index (χ0) is 11.4. The smallest absolute Gasteiger partial charge is 0.219 e. The van der Waals surface area contributed by atoms with E-state index in [1.54, 1.807) is 13.2 Å². The van der Waals surface area contributed by atoms with Crippen LogP contribution >= 0.6 is 0 Å². The van der Waals surface area contributed by atoms with E-state index >= 15 is 0 Å². The van der Waals surface area contributed by atoms with Gasteiger partial charge < -0.3 is 9.47 Å². The molecular weight excluding hydrogens is 202 g/mol. The minimum absolute atomic E-state index is 0.540. The van der Waals surface area contributed by atoms with E-state index in [-0.39, 0.29) is 0 Å². The second-order valence-electron chi connectivity index (χ2n) is 3.24. The van der Waals surface area contributed by atoms with Crippen molar-refractivity contribution in [1.29, 1.82) is 0 Å². The molecule has 0 amide bonds. The number of hydrogen-bond donors (Lipinski definition) is 0. The highest BCUT2D eigenvalue weighted by Gasteiger charge is 1.99. The van der Waals surface area contributed by atoms with E-state index in [0.717, 1.165) is 11.5 Å². The topological polar surface area (TPSA) is 31.4 Å². The zero-order valence-electron chi connectivity index (χ0n) is 9.01. The van der Waals surface area contributed by atoms with Gasteiger partial charge in [0.25, 0.3) is 0 Å². The van der Waals surface area contributed by atoms with Gasteiger partial charge in [0, 0.05) is 11.8 Å². The number of rotatable bonds is 3. The molecule has 0 unspecified atom stereocenters. The molecule has 3 heteroatoms. The van der Waals surface area contributed by atoms with Crippen LogP contribution in [-0.2, 0) is 0 Å². The Bertz CT molecular complexity index is 466. The predicted octanol–water partition coefficient (Wildman–Crippen LogP) is 3.06. The minimum Gasteiger partial charge on any atom is -0.497 e. The van der Waals surface area contributed by atoms with E-state index in [1.807, 2.05) is 36.4 Å². The van der Waals surface area contributed by atoms with Gasteiger partial charge in [-0.2, -0.15) is 0 Å². The van der Waals surface area contributed by atoms with Gasteiger partial charge in [0.2, 0.25) is 5.88 Å². The highest BCUT2D eigenvalue weighted by atomic mass is 16.5. The molecule has 1 radical (unpaired) electrons. The summed E-state index contributed by atoms with van der Waals surface area (Å²) in [6.45, 7) is 3.74. The molecule has 0 spiro atoms. The van der Waals surface area contributed by atoms with Gasteiger partial charge >= 0.3 is 0 Å². The fourth-order valence-electron chi connectivity index (χ4n) is 1.28. The predicted molar refractivity (Wildman–Crippen MR) is 61.8 cm³/mol. The highest BCUT2D eigenvalue weighted by Crippen LogP contribution is 2.22. The van der Waals surface area contributed by atoms with Crippen molar-refractivity contribution in [2.75, 3.05) is 7.11 Å². The van der Waals surface area contributed by atoms with Crippen LogP contribution in [-0.4, -0.2) is 12.1 Å². The Hall–Kier alpha value is -2.03. The number of benzene rings is 1. The molecule has 1 aromatic heterocycles. The Morgan fingerprint density at radius 1 is 1.00 bits per heavy atom. The van der Waals surface area contributed by atoms with Crippen LogP contribution in [0.15, 0.2) is 42.5 Å². The fraction of sp³-hybridized carbons (Fsp3) is 0.0769. The summed E-state index contributed by atoms with van der Waals surface area (Å²) in [4.78, 5) is 4.15. The summed E-state index contributed by atoms with van der Waals surface area (Å²) in [6, 6.07) is 12.8. The first kappa shape index (κ1) is 10.5. The van der Waals surface area contributed by atoms with E-state index in [2.05, 4.69) is 11.9 Å². The lowest BCUT2D eigenvalue weighted by Crippen LogP contribution is -1.89. The van der Waals surface area contributed by atoms with Crippen molar-refractivity contribution in [2.45, 2.75) is 0 Å². The summed E-state index contributed by atoms with van der Waals surface area (Å²) in [5.74, 6) is 2.06. The summed E-state index contributed by atoms with van der Waals surface area (Å²) in [7, 11) is 1.63. The van der Waals surface area contributed by atoms with Crippen LogP contribution in [0.2, 0.25) is 0 Å². The first-order valence-electron chi connectivity index (χ1n) is 4.89. The van der Waals surface area contributed by atoms with Crippen molar-refractivity contribution in [2.24, 2.45) is 0 Å². The van der Waals surface area contributed by atoms with E-state index < -0.39 is 0 Å². The zero-order valence-corrected chi connectivity index (χ0v) is 9.01. The Morgan fingerprint density at radius 2 is 1.69 bits per heavy atom. The van der Waals surface area contributed by atoms with Gasteiger partial charge in [-0.25, -0.2) is 4.98 Å².